The predicted molar refractivity (Wildman–Crippen MR) is 195 cm³/mol. The molecule has 0 bridgehead atoms. The summed E-state index contributed by atoms with van der Waals surface area (Å²) in [5.74, 6) is -2.59. The lowest BCUT2D eigenvalue weighted by molar-refractivity contribution is -0.141. The minimum absolute atomic E-state index is 0.0245. The van der Waals surface area contributed by atoms with Gasteiger partial charge < -0.3 is 20.3 Å². The Balaban J connectivity index is 1.12. The van der Waals surface area contributed by atoms with Crippen molar-refractivity contribution in [2.24, 2.45) is 13.0 Å². The largest absolute Gasteiger partial charge is 0.472 e. The molecule has 2 aliphatic carbocycles. The molecule has 0 radical (unpaired) electrons. The molecule has 2 aliphatic heterocycles. The van der Waals surface area contributed by atoms with Crippen molar-refractivity contribution in [2.75, 3.05) is 6.54 Å². The number of nitrogens with zero attached hydrogens (tertiary/aromatic N) is 6. The van der Waals surface area contributed by atoms with Crippen LogP contribution < -0.4 is 20.1 Å². The molecule has 5 atom stereocenters. The van der Waals surface area contributed by atoms with Crippen LogP contribution in [-0.4, -0.2) is 97.2 Å². The summed E-state index contributed by atoms with van der Waals surface area (Å²) in [7, 11) is -2.21. The van der Waals surface area contributed by atoms with E-state index < -0.39 is 68.5 Å². The second-order valence-electron chi connectivity index (χ2n) is 14.6. The zero-order valence-electron chi connectivity index (χ0n) is 29.7. The number of aryl methyl sites for hydroxylation is 1. The van der Waals surface area contributed by atoms with Crippen molar-refractivity contribution in [3.05, 3.63) is 66.9 Å². The van der Waals surface area contributed by atoms with Crippen LogP contribution in [0.3, 0.4) is 0 Å². The van der Waals surface area contributed by atoms with E-state index >= 15 is 0 Å². The van der Waals surface area contributed by atoms with Gasteiger partial charge in [-0.25, -0.2) is 18.4 Å². The Morgan fingerprint density at radius 2 is 1.85 bits per heavy atom. The van der Waals surface area contributed by atoms with E-state index in [1.807, 2.05) is 36.4 Å². The Hall–Kier alpha value is -5.45. The molecule has 2 saturated carbocycles. The molecular weight excluding hydrogens is 715 g/mol. The van der Waals surface area contributed by atoms with Gasteiger partial charge in [0.2, 0.25) is 27.7 Å². The third-order valence-electron chi connectivity index (χ3n) is 10.7. The third-order valence-corrected chi connectivity index (χ3v) is 12.5. The number of hydrogen-bond donors (Lipinski definition) is 3. The first-order chi connectivity index (χ1) is 26.0. The van der Waals surface area contributed by atoms with Crippen molar-refractivity contribution in [1.29, 1.82) is 0 Å². The number of ether oxygens (including phenoxy) is 1. The van der Waals surface area contributed by atoms with Gasteiger partial charge in [-0.05, 0) is 56.0 Å². The number of allylic oxidation sites excluding steroid dienone is 1. The van der Waals surface area contributed by atoms with Gasteiger partial charge in [0.15, 0.2) is 5.65 Å². The summed E-state index contributed by atoms with van der Waals surface area (Å²) in [6.07, 6.45) is 12.2. The summed E-state index contributed by atoms with van der Waals surface area (Å²) in [6.45, 7) is -0.0245. The number of fused-ring (bicyclic) bond motifs is 5. The van der Waals surface area contributed by atoms with Gasteiger partial charge in [-0.15, -0.1) is 0 Å². The van der Waals surface area contributed by atoms with E-state index in [4.69, 9.17) is 4.74 Å². The fourth-order valence-electron chi connectivity index (χ4n) is 7.53. The quantitative estimate of drug-likeness (QED) is 0.184. The van der Waals surface area contributed by atoms with Crippen molar-refractivity contribution in [3.63, 3.8) is 0 Å². The van der Waals surface area contributed by atoms with Crippen molar-refractivity contribution in [1.82, 2.24) is 45.0 Å². The van der Waals surface area contributed by atoms with Gasteiger partial charge in [-0.2, -0.15) is 10.1 Å². The lowest BCUT2D eigenvalue weighted by Gasteiger charge is -2.29. The van der Waals surface area contributed by atoms with E-state index in [0.29, 0.717) is 43.1 Å². The zero-order valence-corrected chi connectivity index (χ0v) is 30.5. The Kier molecular flexibility index (Phi) is 9.27. The Bertz CT molecular complexity index is 2290. The molecule has 3 N–H and O–H groups in total. The number of amides is 4. The number of carbonyl (C=O) groups excluding carboxylic acids is 4. The topological polar surface area (TPSA) is 207 Å². The van der Waals surface area contributed by atoms with E-state index in [1.54, 1.807) is 25.5 Å². The molecule has 3 aromatic heterocycles. The minimum atomic E-state index is -3.90. The summed E-state index contributed by atoms with van der Waals surface area (Å²) in [4.78, 5) is 70.6. The number of nitrogens with one attached hydrogen (secondary N) is 3. The van der Waals surface area contributed by atoms with Gasteiger partial charge >= 0.3 is 0 Å². The Labute approximate surface area is 311 Å². The maximum absolute atomic E-state index is 14.6. The molecule has 4 amide bonds. The van der Waals surface area contributed by atoms with Gasteiger partial charge in [0.05, 0.1) is 11.8 Å². The highest BCUT2D eigenvalue weighted by Crippen LogP contribution is 2.46. The van der Waals surface area contributed by atoms with Crippen LogP contribution in [0, 0.1) is 5.92 Å². The predicted octanol–water partition coefficient (Wildman–Crippen LogP) is 2.06. The third kappa shape index (κ3) is 6.99. The van der Waals surface area contributed by atoms with Gasteiger partial charge in [0.1, 0.15) is 35.7 Å². The summed E-state index contributed by atoms with van der Waals surface area (Å²) >= 11 is 0. The average molecular weight is 756 g/mol. The molecule has 1 saturated heterocycles. The SMILES string of the molecule is Cn1ccc(C(=O)N[C@H]2CCCCCC=C[C@@H]3C[C@@]3(C(=O)NS(=O)(=O)C3CC3)NC(=O)[C@@H]3C[C@@H](Oc4nc5ncncc5c5ccccc45)CN3C2=O)n1. The van der Waals surface area contributed by atoms with E-state index in [9.17, 15) is 27.6 Å². The van der Waals surface area contributed by atoms with E-state index in [-0.39, 0.29) is 31.0 Å². The molecular formula is C37H41N9O7S. The number of carbonyl (C=O) groups is 4. The molecule has 4 aromatic rings. The van der Waals surface area contributed by atoms with Crippen LogP contribution in [0.25, 0.3) is 21.8 Å². The molecule has 17 heteroatoms. The van der Waals surface area contributed by atoms with Crippen molar-refractivity contribution < 1.29 is 32.3 Å². The van der Waals surface area contributed by atoms with Crippen LogP contribution in [0.4, 0.5) is 0 Å². The van der Waals surface area contributed by atoms with Crippen molar-refractivity contribution >= 4 is 55.5 Å². The first kappa shape index (κ1) is 35.6. The maximum Gasteiger partial charge on any atom is 0.272 e. The Morgan fingerprint density at radius 1 is 1.04 bits per heavy atom. The highest BCUT2D eigenvalue weighted by molar-refractivity contribution is 7.91. The summed E-state index contributed by atoms with van der Waals surface area (Å²) in [6, 6.07) is 6.96. The lowest BCUT2D eigenvalue weighted by Crippen LogP contribution is -2.58. The lowest BCUT2D eigenvalue weighted by atomic mass is 10.0. The van der Waals surface area contributed by atoms with Crippen LogP contribution in [-0.2, 0) is 31.5 Å². The second-order valence-corrected chi connectivity index (χ2v) is 16.6. The molecule has 0 spiro atoms. The highest BCUT2D eigenvalue weighted by Gasteiger charge is 2.62. The monoisotopic (exact) mass is 755 g/mol. The fraction of sp³-hybridized carbons (Fsp3) is 0.459. The number of aromatic nitrogens is 5. The van der Waals surface area contributed by atoms with Crippen molar-refractivity contribution in [2.45, 2.75) is 86.8 Å². The molecule has 282 valence electrons. The van der Waals surface area contributed by atoms with E-state index in [1.165, 1.54) is 15.9 Å². The highest BCUT2D eigenvalue weighted by atomic mass is 32.2. The number of pyridine rings is 1. The summed E-state index contributed by atoms with van der Waals surface area (Å²) in [5.41, 5.74) is -0.944. The maximum atomic E-state index is 14.6. The smallest absolute Gasteiger partial charge is 0.272 e. The van der Waals surface area contributed by atoms with Gasteiger partial charge in [-0.3, -0.25) is 28.6 Å². The standard InChI is InChI=1S/C37H41N9O7S/c1-45-16-15-28(43-45)32(47)40-29-12-6-4-2-3-5-9-22-18-37(22,36(50)44-54(51,52)24-13-14-24)42-33(48)30-17-23(20-46(30)35(29)49)53-34-26-11-8-7-10-25(26)27-19-38-21-39-31(27)41-34/h5,7-11,15-16,19,21-24,29-30H,2-4,6,12-14,17-18,20H2,1H3,(H,40,47)(H,42,48)(H,44,50)/t22-,23-,29+,30+,37-/m1/s1. The van der Waals surface area contributed by atoms with Crippen LogP contribution in [0.5, 0.6) is 5.88 Å². The zero-order chi connectivity index (χ0) is 37.6. The molecule has 3 fully saturated rings. The fourth-order valence-corrected chi connectivity index (χ4v) is 8.89. The molecule has 1 aromatic carbocycles. The first-order valence-electron chi connectivity index (χ1n) is 18.3. The van der Waals surface area contributed by atoms with E-state index in [0.717, 1.165) is 23.6 Å². The average Bonchev–Trinajstić information content (AvgIpc) is 4.05. The van der Waals surface area contributed by atoms with Crippen molar-refractivity contribution in [3.8, 4) is 5.88 Å². The summed E-state index contributed by atoms with van der Waals surface area (Å²) in [5, 5.41) is 11.6. The number of sulfonamides is 1. The summed E-state index contributed by atoms with van der Waals surface area (Å²) < 4.78 is 35.9. The molecule has 4 aliphatic rings. The minimum Gasteiger partial charge on any atom is -0.472 e. The first-order valence-corrected chi connectivity index (χ1v) is 19.9. The molecule has 5 heterocycles. The van der Waals surface area contributed by atoms with Crippen LogP contribution in [0.15, 0.2) is 61.2 Å². The molecule has 0 unspecified atom stereocenters. The number of hydrogen-bond acceptors (Lipinski definition) is 11. The van der Waals surface area contributed by atoms with Gasteiger partial charge in [0, 0.05) is 42.6 Å². The molecule has 54 heavy (non-hydrogen) atoms. The molecule has 16 nitrogen and oxygen atoms in total. The molecule has 8 rings (SSSR count). The van der Waals surface area contributed by atoms with Crippen LogP contribution >= 0.6 is 0 Å². The van der Waals surface area contributed by atoms with E-state index in [2.05, 4.69) is 35.4 Å². The van der Waals surface area contributed by atoms with Crippen LogP contribution in [0.1, 0.15) is 68.3 Å². The second kappa shape index (κ2) is 14.1. The number of benzene rings is 1. The Morgan fingerprint density at radius 3 is 2.63 bits per heavy atom. The van der Waals surface area contributed by atoms with Gasteiger partial charge in [0.25, 0.3) is 11.8 Å². The van der Waals surface area contributed by atoms with Crippen LogP contribution in [0.2, 0.25) is 0 Å². The number of rotatable bonds is 7. The van der Waals surface area contributed by atoms with Gasteiger partial charge in [-0.1, -0.05) is 43.2 Å². The normalized spacial score (nSPS) is 26.3.